The van der Waals surface area contributed by atoms with Crippen LogP contribution >= 0.6 is 11.3 Å². The zero-order valence-electron chi connectivity index (χ0n) is 7.82. The number of nitrogens with one attached hydrogen (secondary N) is 1. The molecule has 14 heavy (non-hydrogen) atoms. The Bertz CT molecular complexity index is 329. The normalized spacial score (nSPS) is 21.3. The van der Waals surface area contributed by atoms with Crippen LogP contribution in [0.25, 0.3) is 0 Å². The molecule has 0 bridgehead atoms. The molecule has 1 atom stereocenters. The number of thiophene rings is 1. The van der Waals surface area contributed by atoms with Gasteiger partial charge in [-0.3, -0.25) is 4.79 Å². The second-order valence-corrected chi connectivity index (χ2v) is 4.60. The van der Waals surface area contributed by atoms with Crippen LogP contribution in [-0.2, 0) is 11.2 Å². The van der Waals surface area contributed by atoms with Crippen molar-refractivity contribution in [2.24, 2.45) is 0 Å². The Balaban J connectivity index is 2.05. The Labute approximate surface area is 86.8 Å². The van der Waals surface area contributed by atoms with Gasteiger partial charge < -0.3 is 10.4 Å². The molecule has 0 aliphatic carbocycles. The van der Waals surface area contributed by atoms with Crippen molar-refractivity contribution in [1.82, 2.24) is 5.32 Å². The van der Waals surface area contributed by atoms with Gasteiger partial charge in [0.25, 0.3) is 0 Å². The molecule has 1 aromatic rings. The highest BCUT2D eigenvalue weighted by molar-refractivity contribution is 7.10. The third-order valence-electron chi connectivity index (χ3n) is 2.53. The molecule has 1 aromatic heterocycles. The Morgan fingerprint density at radius 3 is 3.21 bits per heavy atom. The van der Waals surface area contributed by atoms with Crippen molar-refractivity contribution in [3.8, 4) is 0 Å². The maximum absolute atomic E-state index is 10.5. The first-order valence-electron chi connectivity index (χ1n) is 4.75. The van der Waals surface area contributed by atoms with Crippen molar-refractivity contribution in [1.29, 1.82) is 0 Å². The summed E-state index contributed by atoms with van der Waals surface area (Å²) in [4.78, 5) is 11.5. The number of hydrogen-bond acceptors (Lipinski definition) is 3. The minimum atomic E-state index is -0.747. The predicted octanol–water partition coefficient (Wildman–Crippen LogP) is 1.45. The van der Waals surface area contributed by atoms with Gasteiger partial charge in [0.2, 0.25) is 0 Å². The summed E-state index contributed by atoms with van der Waals surface area (Å²) in [5.41, 5.74) is 1.30. The molecule has 4 heteroatoms. The van der Waals surface area contributed by atoms with Crippen molar-refractivity contribution in [2.75, 3.05) is 13.1 Å². The first kappa shape index (κ1) is 9.68. The topological polar surface area (TPSA) is 49.3 Å². The monoisotopic (exact) mass is 211 g/mol. The minimum Gasteiger partial charge on any atom is -0.481 e. The van der Waals surface area contributed by atoms with Crippen LogP contribution in [0.3, 0.4) is 0 Å². The van der Waals surface area contributed by atoms with E-state index in [1.165, 1.54) is 12.0 Å². The average Bonchev–Trinajstić information content (AvgIpc) is 2.69. The number of carboxylic acids is 1. The molecule has 1 unspecified atom stereocenters. The maximum atomic E-state index is 10.5. The first-order chi connectivity index (χ1) is 6.75. The van der Waals surface area contributed by atoms with Gasteiger partial charge in [-0.2, -0.15) is 0 Å². The molecule has 1 aliphatic heterocycles. The molecule has 76 valence electrons. The number of rotatable bonds is 3. The summed E-state index contributed by atoms with van der Waals surface area (Å²) < 4.78 is 0. The van der Waals surface area contributed by atoms with E-state index in [1.807, 2.05) is 6.07 Å². The molecule has 0 radical (unpaired) electrons. The lowest BCUT2D eigenvalue weighted by Crippen LogP contribution is -2.07. The van der Waals surface area contributed by atoms with Gasteiger partial charge in [-0.1, -0.05) is 0 Å². The van der Waals surface area contributed by atoms with Crippen LogP contribution in [0.1, 0.15) is 22.8 Å². The molecule has 1 fully saturated rings. The fourth-order valence-corrected chi connectivity index (χ4v) is 2.75. The molecule has 1 saturated heterocycles. The van der Waals surface area contributed by atoms with Crippen LogP contribution in [0.4, 0.5) is 0 Å². The average molecular weight is 211 g/mol. The van der Waals surface area contributed by atoms with Gasteiger partial charge in [-0.15, -0.1) is 11.3 Å². The number of aliphatic carboxylic acids is 1. The highest BCUT2D eigenvalue weighted by Gasteiger charge is 2.18. The highest BCUT2D eigenvalue weighted by atomic mass is 32.1. The van der Waals surface area contributed by atoms with Crippen molar-refractivity contribution in [2.45, 2.75) is 18.8 Å². The summed E-state index contributed by atoms with van der Waals surface area (Å²) in [6.07, 6.45) is 1.33. The highest BCUT2D eigenvalue weighted by Crippen LogP contribution is 2.27. The molecule has 2 N–H and O–H groups in total. The van der Waals surface area contributed by atoms with E-state index in [0.29, 0.717) is 5.92 Å². The maximum Gasteiger partial charge on any atom is 0.308 e. The lowest BCUT2D eigenvalue weighted by Gasteiger charge is -2.03. The molecule has 2 heterocycles. The quantitative estimate of drug-likeness (QED) is 0.795. The van der Waals surface area contributed by atoms with E-state index in [2.05, 4.69) is 10.7 Å². The fraction of sp³-hybridized carbons (Fsp3) is 0.500. The van der Waals surface area contributed by atoms with Crippen molar-refractivity contribution < 1.29 is 9.90 Å². The molecular weight excluding hydrogens is 198 g/mol. The number of hydrogen-bond donors (Lipinski definition) is 2. The third kappa shape index (κ3) is 2.13. The van der Waals surface area contributed by atoms with E-state index in [4.69, 9.17) is 5.11 Å². The summed E-state index contributed by atoms with van der Waals surface area (Å²) in [7, 11) is 0. The Kier molecular flexibility index (Phi) is 2.84. The van der Waals surface area contributed by atoms with Gasteiger partial charge in [0, 0.05) is 11.4 Å². The van der Waals surface area contributed by atoms with Crippen molar-refractivity contribution in [3.05, 3.63) is 21.9 Å². The molecule has 0 amide bonds. The summed E-state index contributed by atoms with van der Waals surface area (Å²) >= 11 is 1.56. The van der Waals surface area contributed by atoms with Crippen LogP contribution in [0.2, 0.25) is 0 Å². The van der Waals surface area contributed by atoms with Gasteiger partial charge in [0.15, 0.2) is 0 Å². The van der Waals surface area contributed by atoms with Crippen LogP contribution in [-0.4, -0.2) is 24.2 Å². The van der Waals surface area contributed by atoms with E-state index in [-0.39, 0.29) is 6.42 Å². The zero-order valence-corrected chi connectivity index (χ0v) is 8.64. The zero-order chi connectivity index (χ0) is 9.97. The Hall–Kier alpha value is -0.870. The van der Waals surface area contributed by atoms with Crippen molar-refractivity contribution in [3.63, 3.8) is 0 Å². The van der Waals surface area contributed by atoms with Gasteiger partial charge in [0.1, 0.15) is 0 Å². The minimum absolute atomic E-state index is 0.158. The molecule has 0 aromatic carbocycles. The molecular formula is C10H13NO2S. The van der Waals surface area contributed by atoms with Gasteiger partial charge in [-0.05, 0) is 35.9 Å². The van der Waals surface area contributed by atoms with Gasteiger partial charge in [0.05, 0.1) is 6.42 Å². The number of carbonyl (C=O) groups is 1. The first-order valence-corrected chi connectivity index (χ1v) is 5.63. The molecule has 3 nitrogen and oxygen atoms in total. The van der Waals surface area contributed by atoms with Crippen LogP contribution in [0.15, 0.2) is 11.4 Å². The third-order valence-corrected chi connectivity index (χ3v) is 3.49. The lowest BCUT2D eigenvalue weighted by atomic mass is 10.0. The molecule has 1 aliphatic rings. The van der Waals surface area contributed by atoms with Crippen LogP contribution in [0.5, 0.6) is 0 Å². The standard InChI is InChI=1S/C10H13NO2S/c12-10(13)4-9-3-8(6-14-9)7-1-2-11-5-7/h3,6-7,11H,1-2,4-5H2,(H,12,13). The summed E-state index contributed by atoms with van der Waals surface area (Å²) in [6.45, 7) is 2.11. The van der Waals surface area contributed by atoms with E-state index >= 15 is 0 Å². The van der Waals surface area contributed by atoms with E-state index in [9.17, 15) is 4.79 Å². The largest absolute Gasteiger partial charge is 0.481 e. The van der Waals surface area contributed by atoms with Gasteiger partial charge >= 0.3 is 5.97 Å². The van der Waals surface area contributed by atoms with E-state index in [1.54, 1.807) is 11.3 Å². The molecule has 0 spiro atoms. The molecule has 2 rings (SSSR count). The van der Waals surface area contributed by atoms with Crippen LogP contribution in [0, 0.1) is 0 Å². The predicted molar refractivity (Wildman–Crippen MR) is 55.9 cm³/mol. The summed E-state index contributed by atoms with van der Waals surface area (Å²) in [5, 5.41) is 14.0. The van der Waals surface area contributed by atoms with Crippen LogP contribution < -0.4 is 5.32 Å². The lowest BCUT2D eigenvalue weighted by molar-refractivity contribution is -0.136. The summed E-state index contributed by atoms with van der Waals surface area (Å²) in [5.74, 6) is -0.156. The molecule has 0 saturated carbocycles. The Morgan fingerprint density at radius 2 is 2.57 bits per heavy atom. The fourth-order valence-electron chi connectivity index (χ4n) is 1.79. The summed E-state index contributed by atoms with van der Waals surface area (Å²) in [6, 6.07) is 2.04. The second kappa shape index (κ2) is 4.11. The van der Waals surface area contributed by atoms with E-state index in [0.717, 1.165) is 18.0 Å². The van der Waals surface area contributed by atoms with Gasteiger partial charge in [-0.25, -0.2) is 0 Å². The SMILES string of the molecule is O=C(O)Cc1cc(C2CCNC2)cs1. The second-order valence-electron chi connectivity index (χ2n) is 3.61. The Morgan fingerprint density at radius 1 is 1.71 bits per heavy atom. The van der Waals surface area contributed by atoms with E-state index < -0.39 is 5.97 Å². The van der Waals surface area contributed by atoms with Crippen molar-refractivity contribution >= 4 is 17.3 Å². The number of carboxylic acid groups (broad SMARTS) is 1. The smallest absolute Gasteiger partial charge is 0.308 e.